The van der Waals surface area contributed by atoms with Crippen LogP contribution in [0.1, 0.15) is 24.5 Å². The fourth-order valence-electron chi connectivity index (χ4n) is 3.13. The number of amides is 1. The van der Waals surface area contributed by atoms with Gasteiger partial charge in [-0.15, -0.1) is 0 Å². The van der Waals surface area contributed by atoms with Crippen molar-refractivity contribution in [2.24, 2.45) is 12.8 Å². The second-order valence-corrected chi connectivity index (χ2v) is 6.04. The molecule has 0 saturated heterocycles. The standard InChI is InChI=1S/C19H20N2O/c1-19(13-18(20)22,15-6-4-3-5-7-15)16-9-8-14-10-11-21(2)17(14)12-16/h3-12H,13H2,1-2H3,(H2,20,22). The van der Waals surface area contributed by atoms with Gasteiger partial charge in [-0.1, -0.05) is 49.4 Å². The summed E-state index contributed by atoms with van der Waals surface area (Å²) in [5.74, 6) is -0.293. The van der Waals surface area contributed by atoms with Crippen molar-refractivity contribution >= 4 is 16.8 Å². The number of hydrogen-bond acceptors (Lipinski definition) is 1. The summed E-state index contributed by atoms with van der Waals surface area (Å²) in [4.78, 5) is 11.7. The number of hydrogen-bond donors (Lipinski definition) is 1. The molecule has 0 fully saturated rings. The topological polar surface area (TPSA) is 48.0 Å². The van der Waals surface area contributed by atoms with E-state index >= 15 is 0 Å². The first-order valence-corrected chi connectivity index (χ1v) is 7.40. The Kier molecular flexibility index (Phi) is 3.49. The van der Waals surface area contributed by atoms with Gasteiger partial charge in [0, 0.05) is 30.6 Å². The second kappa shape index (κ2) is 5.34. The summed E-state index contributed by atoms with van der Waals surface area (Å²) >= 11 is 0. The van der Waals surface area contributed by atoms with Gasteiger partial charge in [-0.05, 0) is 28.6 Å². The van der Waals surface area contributed by atoms with E-state index in [-0.39, 0.29) is 12.3 Å². The Bertz CT molecular complexity index is 820. The van der Waals surface area contributed by atoms with Crippen LogP contribution in [0.15, 0.2) is 60.8 Å². The lowest BCUT2D eigenvalue weighted by Gasteiger charge is -2.30. The maximum Gasteiger partial charge on any atom is 0.218 e. The molecule has 0 aliphatic rings. The van der Waals surface area contributed by atoms with Gasteiger partial charge in [-0.3, -0.25) is 4.79 Å². The Morgan fingerprint density at radius 2 is 1.82 bits per heavy atom. The first-order valence-electron chi connectivity index (χ1n) is 7.40. The molecule has 0 aliphatic heterocycles. The summed E-state index contributed by atoms with van der Waals surface area (Å²) < 4.78 is 2.09. The van der Waals surface area contributed by atoms with Crippen molar-refractivity contribution in [1.29, 1.82) is 0 Å². The molecule has 0 spiro atoms. The number of nitrogens with zero attached hydrogens (tertiary/aromatic N) is 1. The highest BCUT2D eigenvalue weighted by atomic mass is 16.1. The third kappa shape index (κ3) is 2.39. The molecule has 112 valence electrons. The van der Waals surface area contributed by atoms with E-state index in [2.05, 4.69) is 47.9 Å². The lowest BCUT2D eigenvalue weighted by Crippen LogP contribution is -2.30. The molecule has 1 aromatic heterocycles. The predicted octanol–water partition coefficient (Wildman–Crippen LogP) is 3.36. The Morgan fingerprint density at radius 3 is 2.50 bits per heavy atom. The average molecular weight is 292 g/mol. The fourth-order valence-corrected chi connectivity index (χ4v) is 3.13. The zero-order chi connectivity index (χ0) is 15.7. The maximum absolute atomic E-state index is 11.7. The third-order valence-corrected chi connectivity index (χ3v) is 4.46. The molecule has 1 atom stereocenters. The van der Waals surface area contributed by atoms with Crippen molar-refractivity contribution in [3.05, 3.63) is 71.9 Å². The van der Waals surface area contributed by atoms with Crippen LogP contribution in [0, 0.1) is 0 Å². The number of aromatic nitrogens is 1. The Balaban J connectivity index is 2.19. The van der Waals surface area contributed by atoms with E-state index < -0.39 is 5.41 Å². The van der Waals surface area contributed by atoms with Crippen molar-refractivity contribution in [1.82, 2.24) is 4.57 Å². The van der Waals surface area contributed by atoms with Gasteiger partial charge in [0.05, 0.1) is 0 Å². The lowest BCUT2D eigenvalue weighted by molar-refractivity contribution is -0.118. The molecule has 2 aromatic carbocycles. The smallest absolute Gasteiger partial charge is 0.218 e. The van der Waals surface area contributed by atoms with E-state index in [1.165, 1.54) is 5.39 Å². The van der Waals surface area contributed by atoms with Gasteiger partial charge in [0.2, 0.25) is 5.91 Å². The van der Waals surface area contributed by atoms with Crippen molar-refractivity contribution in [3.63, 3.8) is 0 Å². The minimum Gasteiger partial charge on any atom is -0.370 e. The quantitative estimate of drug-likeness (QED) is 0.787. The highest BCUT2D eigenvalue weighted by molar-refractivity contribution is 5.82. The monoisotopic (exact) mass is 292 g/mol. The molecule has 1 unspecified atom stereocenters. The number of primary amides is 1. The summed E-state index contributed by atoms with van der Waals surface area (Å²) in [6.07, 6.45) is 2.33. The first kappa shape index (κ1) is 14.4. The molecule has 3 nitrogen and oxygen atoms in total. The van der Waals surface area contributed by atoms with Crippen molar-refractivity contribution in [2.45, 2.75) is 18.8 Å². The summed E-state index contributed by atoms with van der Waals surface area (Å²) in [6.45, 7) is 2.08. The van der Waals surface area contributed by atoms with Crippen LogP contribution in [0.3, 0.4) is 0 Å². The first-order chi connectivity index (χ1) is 10.5. The molecule has 2 N–H and O–H groups in total. The molecule has 1 amide bonds. The zero-order valence-corrected chi connectivity index (χ0v) is 12.9. The summed E-state index contributed by atoms with van der Waals surface area (Å²) in [6, 6.07) is 18.5. The minimum absolute atomic E-state index is 0.285. The number of benzene rings is 2. The van der Waals surface area contributed by atoms with E-state index in [9.17, 15) is 4.79 Å². The molecule has 0 radical (unpaired) electrons. The fraction of sp³-hybridized carbons (Fsp3) is 0.211. The highest BCUT2D eigenvalue weighted by Gasteiger charge is 2.31. The molecular weight excluding hydrogens is 272 g/mol. The van der Waals surface area contributed by atoms with Gasteiger partial charge in [0.15, 0.2) is 0 Å². The number of rotatable bonds is 4. The van der Waals surface area contributed by atoms with Gasteiger partial charge in [0.1, 0.15) is 0 Å². The van der Waals surface area contributed by atoms with E-state index in [4.69, 9.17) is 5.73 Å². The molecule has 0 aliphatic carbocycles. The van der Waals surface area contributed by atoms with Gasteiger partial charge >= 0.3 is 0 Å². The van der Waals surface area contributed by atoms with Crippen LogP contribution in [0.5, 0.6) is 0 Å². The molecule has 1 heterocycles. The number of carbonyl (C=O) groups excluding carboxylic acids is 1. The van der Waals surface area contributed by atoms with Crippen LogP contribution < -0.4 is 5.73 Å². The van der Waals surface area contributed by atoms with E-state index in [0.29, 0.717) is 0 Å². The van der Waals surface area contributed by atoms with Crippen molar-refractivity contribution < 1.29 is 4.79 Å². The van der Waals surface area contributed by atoms with Crippen LogP contribution >= 0.6 is 0 Å². The summed E-state index contributed by atoms with van der Waals surface area (Å²) in [7, 11) is 2.03. The minimum atomic E-state index is -0.425. The number of nitrogens with two attached hydrogens (primary N) is 1. The van der Waals surface area contributed by atoms with E-state index in [1.54, 1.807) is 0 Å². The SMILES string of the molecule is Cn1ccc2ccc(C(C)(CC(N)=O)c3ccccc3)cc21. The molecule has 3 aromatic rings. The lowest BCUT2D eigenvalue weighted by atomic mass is 9.73. The van der Waals surface area contributed by atoms with Crippen LogP contribution in [0.4, 0.5) is 0 Å². The number of carbonyl (C=O) groups is 1. The van der Waals surface area contributed by atoms with Crippen LogP contribution in [0.2, 0.25) is 0 Å². The Hall–Kier alpha value is -2.55. The van der Waals surface area contributed by atoms with Gasteiger partial charge in [0.25, 0.3) is 0 Å². The molecule has 3 heteroatoms. The Morgan fingerprint density at radius 1 is 1.09 bits per heavy atom. The zero-order valence-electron chi connectivity index (χ0n) is 12.9. The molecule has 22 heavy (non-hydrogen) atoms. The largest absolute Gasteiger partial charge is 0.370 e. The van der Waals surface area contributed by atoms with Gasteiger partial charge in [-0.2, -0.15) is 0 Å². The average Bonchev–Trinajstić information content (AvgIpc) is 2.88. The van der Waals surface area contributed by atoms with Gasteiger partial charge in [-0.25, -0.2) is 0 Å². The molecule has 0 saturated carbocycles. The summed E-state index contributed by atoms with van der Waals surface area (Å²) in [5.41, 5.74) is 8.47. The van der Waals surface area contributed by atoms with E-state index in [1.807, 2.05) is 31.4 Å². The third-order valence-electron chi connectivity index (χ3n) is 4.46. The number of fused-ring (bicyclic) bond motifs is 1. The molecular formula is C19H20N2O. The van der Waals surface area contributed by atoms with E-state index in [0.717, 1.165) is 16.6 Å². The maximum atomic E-state index is 11.7. The second-order valence-electron chi connectivity index (χ2n) is 6.04. The van der Waals surface area contributed by atoms with Gasteiger partial charge < -0.3 is 10.3 Å². The predicted molar refractivity (Wildman–Crippen MR) is 89.6 cm³/mol. The van der Waals surface area contributed by atoms with Crippen LogP contribution in [0.25, 0.3) is 10.9 Å². The Labute approximate surface area is 130 Å². The number of aryl methyl sites for hydroxylation is 1. The van der Waals surface area contributed by atoms with Crippen molar-refractivity contribution in [2.75, 3.05) is 0 Å². The van der Waals surface area contributed by atoms with Crippen molar-refractivity contribution in [3.8, 4) is 0 Å². The van der Waals surface area contributed by atoms with Crippen LogP contribution in [-0.4, -0.2) is 10.5 Å². The molecule has 3 rings (SSSR count). The molecule has 0 bridgehead atoms. The van der Waals surface area contributed by atoms with Crippen LogP contribution in [-0.2, 0) is 17.3 Å². The summed E-state index contributed by atoms with van der Waals surface area (Å²) in [5, 5.41) is 1.20. The highest BCUT2D eigenvalue weighted by Crippen LogP contribution is 2.36. The normalized spacial score (nSPS) is 13.9.